The summed E-state index contributed by atoms with van der Waals surface area (Å²) in [6.45, 7) is 7.54. The summed E-state index contributed by atoms with van der Waals surface area (Å²) < 4.78 is 11.8. The Morgan fingerprint density at radius 1 is 1.31 bits per heavy atom. The number of amides is 3. The predicted octanol–water partition coefficient (Wildman–Crippen LogP) is 3.30. The first-order chi connectivity index (χ1) is 12.3. The highest BCUT2D eigenvalue weighted by molar-refractivity contribution is 14.1. The van der Waals surface area contributed by atoms with Gasteiger partial charge in [0.1, 0.15) is 13.1 Å². The molecule has 0 saturated carbocycles. The van der Waals surface area contributed by atoms with Crippen LogP contribution in [0.25, 0.3) is 11.1 Å². The molecule has 26 heavy (non-hydrogen) atoms. The minimum Gasteiger partial charge on any atom is -0.432 e. The van der Waals surface area contributed by atoms with E-state index >= 15 is 0 Å². The highest BCUT2D eigenvalue weighted by Crippen LogP contribution is 2.29. The van der Waals surface area contributed by atoms with E-state index in [-0.39, 0.29) is 25.6 Å². The summed E-state index contributed by atoms with van der Waals surface area (Å²) in [5.41, 5.74) is 0.419. The molecular formula is C16H21IN4O4Si. The van der Waals surface area contributed by atoms with Gasteiger partial charge in [-0.15, -0.1) is 0 Å². The van der Waals surface area contributed by atoms with E-state index in [4.69, 9.17) is 9.15 Å². The minimum absolute atomic E-state index is 0.0319. The van der Waals surface area contributed by atoms with Crippen molar-refractivity contribution in [2.45, 2.75) is 32.1 Å². The van der Waals surface area contributed by atoms with Gasteiger partial charge in [-0.05, 0) is 28.6 Å². The zero-order valence-corrected chi connectivity index (χ0v) is 18.1. The fraction of sp³-hybridized carbons (Fsp3) is 0.500. The second-order valence-electron chi connectivity index (χ2n) is 7.32. The normalized spacial score (nSPS) is 16.0. The molecule has 0 N–H and O–H groups in total. The van der Waals surface area contributed by atoms with Crippen molar-refractivity contribution in [3.63, 3.8) is 0 Å². The van der Waals surface area contributed by atoms with Gasteiger partial charge < -0.3 is 9.15 Å². The molecule has 1 saturated heterocycles. The number of furan rings is 1. The molecule has 8 nitrogen and oxygen atoms in total. The summed E-state index contributed by atoms with van der Waals surface area (Å²) >= 11 is 2.04. The second kappa shape index (κ2) is 7.60. The Morgan fingerprint density at radius 3 is 2.81 bits per heavy atom. The number of carbonyl (C=O) groups is 2. The number of aromatic nitrogens is 2. The van der Waals surface area contributed by atoms with Gasteiger partial charge in [0.15, 0.2) is 9.58 Å². The Bertz CT molecular complexity index is 835. The van der Waals surface area contributed by atoms with Gasteiger partial charge in [0.05, 0.1) is 5.39 Å². The average molecular weight is 488 g/mol. The molecule has 2 aromatic heterocycles. The van der Waals surface area contributed by atoms with Crippen LogP contribution >= 0.6 is 22.6 Å². The van der Waals surface area contributed by atoms with Crippen LogP contribution in [0.15, 0.2) is 16.8 Å². The van der Waals surface area contributed by atoms with Gasteiger partial charge in [0, 0.05) is 33.7 Å². The van der Waals surface area contributed by atoms with E-state index in [0.29, 0.717) is 27.3 Å². The van der Waals surface area contributed by atoms with Crippen molar-refractivity contribution >= 4 is 59.5 Å². The predicted molar refractivity (Wildman–Crippen MR) is 108 cm³/mol. The van der Waals surface area contributed by atoms with Crippen molar-refractivity contribution in [3.05, 3.63) is 16.2 Å². The lowest BCUT2D eigenvalue weighted by atomic mass is 10.2. The molecule has 0 spiro atoms. The molecule has 0 aliphatic carbocycles. The Hall–Kier alpha value is -1.53. The fourth-order valence-electron chi connectivity index (χ4n) is 2.58. The van der Waals surface area contributed by atoms with Crippen LogP contribution in [0.3, 0.4) is 0 Å². The summed E-state index contributed by atoms with van der Waals surface area (Å²) in [4.78, 5) is 36.0. The van der Waals surface area contributed by atoms with E-state index in [1.54, 1.807) is 6.07 Å². The average Bonchev–Trinajstić information content (AvgIpc) is 2.93. The van der Waals surface area contributed by atoms with Crippen molar-refractivity contribution in [1.82, 2.24) is 14.9 Å². The van der Waals surface area contributed by atoms with Crippen molar-refractivity contribution in [2.24, 2.45) is 0 Å². The third-order valence-electron chi connectivity index (χ3n) is 4.06. The van der Waals surface area contributed by atoms with Crippen LogP contribution in [0.1, 0.15) is 6.42 Å². The number of carbonyl (C=O) groups excluding carboxylic acids is 2. The highest BCUT2D eigenvalue weighted by Gasteiger charge is 2.34. The van der Waals surface area contributed by atoms with Crippen LogP contribution in [0.2, 0.25) is 25.7 Å². The van der Waals surface area contributed by atoms with E-state index < -0.39 is 14.1 Å². The van der Waals surface area contributed by atoms with E-state index in [0.717, 1.165) is 10.9 Å². The molecule has 1 aliphatic heterocycles. The van der Waals surface area contributed by atoms with Gasteiger partial charge >= 0.3 is 6.03 Å². The number of rotatable bonds is 6. The highest BCUT2D eigenvalue weighted by atomic mass is 127. The monoisotopic (exact) mass is 488 g/mol. The lowest BCUT2D eigenvalue weighted by Crippen LogP contribution is -2.53. The zero-order chi connectivity index (χ0) is 18.9. The third kappa shape index (κ3) is 4.23. The standard InChI is InChI=1S/C16H21IN4O4Si/c1-26(2,3)7-6-24-10-21-13(22)4-5-20(16(21)23)14-11-8-12(17)25-15(11)19-9-18-14/h8-9H,4-7,10H2,1-3H3. The summed E-state index contributed by atoms with van der Waals surface area (Å²) in [5, 5.41) is 0.652. The first kappa shape index (κ1) is 19.2. The first-order valence-corrected chi connectivity index (χ1v) is 13.1. The number of hydrogen-bond donors (Lipinski definition) is 0. The lowest BCUT2D eigenvalue weighted by Gasteiger charge is -2.33. The summed E-state index contributed by atoms with van der Waals surface area (Å²) in [7, 11) is -1.22. The van der Waals surface area contributed by atoms with E-state index in [2.05, 4.69) is 29.6 Å². The van der Waals surface area contributed by atoms with Gasteiger partial charge in [0.2, 0.25) is 11.6 Å². The Balaban J connectivity index is 1.75. The lowest BCUT2D eigenvalue weighted by molar-refractivity contribution is -0.133. The van der Waals surface area contributed by atoms with Crippen molar-refractivity contribution in [1.29, 1.82) is 0 Å². The maximum absolute atomic E-state index is 12.8. The van der Waals surface area contributed by atoms with E-state index in [9.17, 15) is 9.59 Å². The van der Waals surface area contributed by atoms with Gasteiger partial charge in [-0.1, -0.05) is 19.6 Å². The summed E-state index contributed by atoms with van der Waals surface area (Å²) in [5.74, 6) is 0.220. The molecule has 2 aromatic rings. The largest absolute Gasteiger partial charge is 0.432 e. The Labute approximate surface area is 166 Å². The maximum Gasteiger partial charge on any atom is 0.334 e. The quantitative estimate of drug-likeness (QED) is 0.352. The third-order valence-corrected chi connectivity index (χ3v) is 6.30. The van der Waals surface area contributed by atoms with Gasteiger partial charge in [-0.2, -0.15) is 0 Å². The van der Waals surface area contributed by atoms with Crippen molar-refractivity contribution < 1.29 is 18.7 Å². The van der Waals surface area contributed by atoms with Crippen LogP contribution in [0.5, 0.6) is 0 Å². The number of anilines is 1. The van der Waals surface area contributed by atoms with Gasteiger partial charge in [0.25, 0.3) is 0 Å². The Kier molecular flexibility index (Phi) is 5.63. The van der Waals surface area contributed by atoms with Gasteiger partial charge in [-0.25, -0.2) is 19.7 Å². The first-order valence-electron chi connectivity index (χ1n) is 8.36. The summed E-state index contributed by atoms with van der Waals surface area (Å²) in [6, 6.07) is 2.34. The molecule has 1 aliphatic rings. The van der Waals surface area contributed by atoms with Crippen LogP contribution in [0.4, 0.5) is 10.6 Å². The molecular weight excluding hydrogens is 467 g/mol. The maximum atomic E-state index is 12.8. The molecule has 3 amide bonds. The fourth-order valence-corrected chi connectivity index (χ4v) is 3.85. The van der Waals surface area contributed by atoms with Crippen LogP contribution in [-0.4, -0.2) is 54.8 Å². The molecule has 140 valence electrons. The number of ether oxygens (including phenoxy) is 1. The second-order valence-corrected chi connectivity index (χ2v) is 14.0. The number of halogens is 1. The Morgan fingerprint density at radius 2 is 2.08 bits per heavy atom. The van der Waals surface area contributed by atoms with Crippen LogP contribution in [-0.2, 0) is 9.53 Å². The molecule has 1 fully saturated rings. The van der Waals surface area contributed by atoms with Crippen molar-refractivity contribution in [2.75, 3.05) is 24.8 Å². The molecule has 10 heteroatoms. The smallest absolute Gasteiger partial charge is 0.334 e. The van der Waals surface area contributed by atoms with Gasteiger partial charge in [-0.3, -0.25) is 9.69 Å². The molecule has 0 atom stereocenters. The molecule has 3 heterocycles. The SMILES string of the molecule is C[Si](C)(C)CCOCN1C(=O)CCN(c2ncnc3oc(I)cc23)C1=O. The van der Waals surface area contributed by atoms with Crippen LogP contribution in [0, 0.1) is 3.77 Å². The molecule has 0 unspecified atom stereocenters. The number of urea groups is 1. The number of fused-ring (bicyclic) bond motifs is 1. The van der Waals surface area contributed by atoms with Crippen LogP contribution < -0.4 is 4.90 Å². The molecule has 0 radical (unpaired) electrons. The number of imide groups is 1. The van der Waals surface area contributed by atoms with E-state index in [1.165, 1.54) is 11.2 Å². The van der Waals surface area contributed by atoms with Crippen molar-refractivity contribution in [3.8, 4) is 0 Å². The molecule has 3 rings (SSSR count). The summed E-state index contributed by atoms with van der Waals surface area (Å²) in [6.07, 6.45) is 1.58. The molecule has 0 bridgehead atoms. The topological polar surface area (TPSA) is 88.8 Å². The number of hydrogen-bond acceptors (Lipinski definition) is 6. The number of nitrogens with zero attached hydrogens (tertiary/aromatic N) is 4. The zero-order valence-electron chi connectivity index (χ0n) is 15.0. The minimum atomic E-state index is -1.22. The molecule has 0 aromatic carbocycles. The van der Waals surface area contributed by atoms with E-state index in [1.807, 2.05) is 22.6 Å².